The molecule has 1 saturated carbocycles. The van der Waals surface area contributed by atoms with Crippen LogP contribution in [0.4, 0.5) is 0 Å². The molecular weight excluding hydrogens is 390 g/mol. The molecule has 3 rings (SSSR count). The van der Waals surface area contributed by atoms with Crippen LogP contribution in [-0.2, 0) is 24.8 Å². The molecular formula is C17H25N3O5S2. The molecule has 0 spiro atoms. The fourth-order valence-electron chi connectivity index (χ4n) is 3.07. The molecule has 10 heteroatoms. The molecule has 1 unspecified atom stereocenters. The van der Waals surface area contributed by atoms with Gasteiger partial charge in [0.2, 0.25) is 26.0 Å². The maximum Gasteiger partial charge on any atom is 0.243 e. The molecule has 1 heterocycles. The highest BCUT2D eigenvalue weighted by Crippen LogP contribution is 2.27. The first-order chi connectivity index (χ1) is 12.8. The topological polar surface area (TPSA) is 113 Å². The fourth-order valence-corrected chi connectivity index (χ4v) is 6.03. The minimum absolute atomic E-state index is 0.0111. The summed E-state index contributed by atoms with van der Waals surface area (Å²) in [6, 6.07) is 4.42. The molecule has 1 atom stereocenters. The Morgan fingerprint density at radius 3 is 2.30 bits per heavy atom. The minimum Gasteiger partial charge on any atom is -0.355 e. The Labute approximate surface area is 160 Å². The fraction of sp³-hybridized carbons (Fsp3) is 0.588. The SMILES string of the molecule is CCCNC(=O)C1CCCN1S(=O)(=O)c1ccc(S(=O)(=O)NC2CC2)cc1. The Morgan fingerprint density at radius 1 is 1.07 bits per heavy atom. The molecule has 0 bridgehead atoms. The molecule has 0 radical (unpaired) electrons. The largest absolute Gasteiger partial charge is 0.355 e. The highest BCUT2D eigenvalue weighted by Gasteiger charge is 2.39. The number of carbonyl (C=O) groups is 1. The van der Waals surface area contributed by atoms with E-state index in [1.54, 1.807) is 0 Å². The van der Waals surface area contributed by atoms with Crippen LogP contribution in [-0.4, -0.2) is 52.2 Å². The third-order valence-corrected chi connectivity index (χ3v) is 8.15. The van der Waals surface area contributed by atoms with E-state index in [-0.39, 0.29) is 28.3 Å². The van der Waals surface area contributed by atoms with E-state index in [9.17, 15) is 21.6 Å². The first-order valence-electron chi connectivity index (χ1n) is 9.17. The van der Waals surface area contributed by atoms with Gasteiger partial charge in [-0.3, -0.25) is 4.79 Å². The normalized spacial score (nSPS) is 21.3. The van der Waals surface area contributed by atoms with Gasteiger partial charge in [0.1, 0.15) is 6.04 Å². The lowest BCUT2D eigenvalue weighted by Gasteiger charge is -2.23. The number of amides is 1. The van der Waals surface area contributed by atoms with Crippen molar-refractivity contribution in [2.75, 3.05) is 13.1 Å². The summed E-state index contributed by atoms with van der Waals surface area (Å²) in [7, 11) is -7.51. The monoisotopic (exact) mass is 415 g/mol. The Hall–Kier alpha value is -1.49. The summed E-state index contributed by atoms with van der Waals surface area (Å²) in [4.78, 5) is 12.3. The van der Waals surface area contributed by atoms with Gasteiger partial charge in [0.25, 0.3) is 0 Å². The van der Waals surface area contributed by atoms with E-state index in [1.807, 2.05) is 6.92 Å². The van der Waals surface area contributed by atoms with Crippen LogP contribution in [0.2, 0.25) is 0 Å². The zero-order valence-corrected chi connectivity index (χ0v) is 16.9. The van der Waals surface area contributed by atoms with Crippen molar-refractivity contribution in [2.24, 2.45) is 0 Å². The summed E-state index contributed by atoms with van der Waals surface area (Å²) in [5, 5.41) is 2.75. The molecule has 1 aromatic rings. The lowest BCUT2D eigenvalue weighted by molar-refractivity contribution is -0.124. The van der Waals surface area contributed by atoms with Crippen LogP contribution in [0.15, 0.2) is 34.1 Å². The molecule has 27 heavy (non-hydrogen) atoms. The highest BCUT2D eigenvalue weighted by molar-refractivity contribution is 7.89. The van der Waals surface area contributed by atoms with Crippen molar-refractivity contribution in [1.82, 2.24) is 14.3 Å². The summed E-state index contributed by atoms with van der Waals surface area (Å²) in [5.41, 5.74) is 0. The van der Waals surface area contributed by atoms with E-state index in [0.717, 1.165) is 19.3 Å². The van der Waals surface area contributed by atoms with Gasteiger partial charge in [0.15, 0.2) is 0 Å². The molecule has 1 amide bonds. The van der Waals surface area contributed by atoms with E-state index < -0.39 is 26.1 Å². The molecule has 2 N–H and O–H groups in total. The Balaban J connectivity index is 1.78. The maximum atomic E-state index is 13.0. The van der Waals surface area contributed by atoms with Gasteiger partial charge in [0.05, 0.1) is 9.79 Å². The molecule has 8 nitrogen and oxygen atoms in total. The molecule has 2 fully saturated rings. The standard InChI is InChI=1S/C17H25N3O5S2/c1-2-11-18-17(21)16-4-3-12-20(16)27(24,25)15-9-7-14(8-10-15)26(22,23)19-13-5-6-13/h7-10,13,16,19H,2-6,11-12H2,1H3,(H,18,21). The van der Waals surface area contributed by atoms with Crippen LogP contribution < -0.4 is 10.0 Å². The summed E-state index contributed by atoms with van der Waals surface area (Å²) < 4.78 is 54.1. The summed E-state index contributed by atoms with van der Waals surface area (Å²) in [6.45, 7) is 2.71. The summed E-state index contributed by atoms with van der Waals surface area (Å²) in [6.07, 6.45) is 3.51. The third kappa shape index (κ3) is 4.50. The first-order valence-corrected chi connectivity index (χ1v) is 12.1. The second kappa shape index (κ2) is 7.86. The molecule has 2 aliphatic rings. The number of carbonyl (C=O) groups excluding carboxylic acids is 1. The third-order valence-electron chi connectivity index (χ3n) is 4.70. The second-order valence-corrected chi connectivity index (χ2v) is 10.5. The minimum atomic E-state index is -3.87. The van der Waals surface area contributed by atoms with Crippen LogP contribution in [0.5, 0.6) is 0 Å². The average Bonchev–Trinajstić information content (AvgIpc) is 3.29. The van der Waals surface area contributed by atoms with Gasteiger partial charge in [-0.2, -0.15) is 4.31 Å². The van der Waals surface area contributed by atoms with Crippen molar-refractivity contribution in [1.29, 1.82) is 0 Å². The number of nitrogens with zero attached hydrogens (tertiary/aromatic N) is 1. The number of benzene rings is 1. The number of sulfonamides is 2. The van der Waals surface area contributed by atoms with E-state index in [4.69, 9.17) is 0 Å². The lowest BCUT2D eigenvalue weighted by Crippen LogP contribution is -2.46. The quantitative estimate of drug-likeness (QED) is 0.652. The molecule has 0 aromatic heterocycles. The zero-order valence-electron chi connectivity index (χ0n) is 15.2. The lowest BCUT2D eigenvalue weighted by atomic mass is 10.2. The molecule has 150 valence electrons. The smallest absolute Gasteiger partial charge is 0.243 e. The van der Waals surface area contributed by atoms with Crippen LogP contribution in [0.25, 0.3) is 0 Å². The van der Waals surface area contributed by atoms with Gasteiger partial charge in [-0.1, -0.05) is 6.92 Å². The maximum absolute atomic E-state index is 13.0. The van der Waals surface area contributed by atoms with Gasteiger partial charge in [-0.05, 0) is 56.4 Å². The van der Waals surface area contributed by atoms with Gasteiger partial charge < -0.3 is 5.32 Å². The number of nitrogens with one attached hydrogen (secondary N) is 2. The Kier molecular flexibility index (Phi) is 5.90. The Bertz CT molecular complexity index is 893. The molecule has 1 aromatic carbocycles. The summed E-state index contributed by atoms with van der Waals surface area (Å²) >= 11 is 0. The predicted molar refractivity (Wildman–Crippen MR) is 100 cm³/mol. The van der Waals surface area contributed by atoms with Crippen molar-refractivity contribution >= 4 is 26.0 Å². The molecule has 1 saturated heterocycles. The van der Waals surface area contributed by atoms with Gasteiger partial charge in [-0.25, -0.2) is 21.6 Å². The number of hydrogen-bond acceptors (Lipinski definition) is 5. The zero-order chi connectivity index (χ0) is 19.7. The van der Waals surface area contributed by atoms with Crippen molar-refractivity contribution < 1.29 is 21.6 Å². The number of hydrogen-bond donors (Lipinski definition) is 2. The van der Waals surface area contributed by atoms with E-state index in [1.165, 1.54) is 28.6 Å². The van der Waals surface area contributed by atoms with Gasteiger partial charge >= 0.3 is 0 Å². The van der Waals surface area contributed by atoms with Crippen LogP contribution in [0.3, 0.4) is 0 Å². The highest BCUT2D eigenvalue weighted by atomic mass is 32.2. The van der Waals surface area contributed by atoms with Gasteiger partial charge in [-0.15, -0.1) is 0 Å². The van der Waals surface area contributed by atoms with Crippen LogP contribution in [0, 0.1) is 0 Å². The van der Waals surface area contributed by atoms with Crippen LogP contribution in [0.1, 0.15) is 39.0 Å². The van der Waals surface area contributed by atoms with E-state index in [2.05, 4.69) is 10.0 Å². The van der Waals surface area contributed by atoms with E-state index in [0.29, 0.717) is 19.4 Å². The van der Waals surface area contributed by atoms with E-state index >= 15 is 0 Å². The molecule has 1 aliphatic heterocycles. The van der Waals surface area contributed by atoms with Crippen LogP contribution >= 0.6 is 0 Å². The van der Waals surface area contributed by atoms with Crippen molar-refractivity contribution in [3.8, 4) is 0 Å². The molecule has 1 aliphatic carbocycles. The van der Waals surface area contributed by atoms with Gasteiger partial charge in [0, 0.05) is 19.1 Å². The number of rotatable bonds is 8. The predicted octanol–water partition coefficient (Wildman–Crippen LogP) is 0.807. The first kappa shape index (κ1) is 20.2. The van der Waals surface area contributed by atoms with Crippen molar-refractivity contribution in [2.45, 2.75) is 60.9 Å². The second-order valence-electron chi connectivity index (χ2n) is 6.93. The van der Waals surface area contributed by atoms with Crippen molar-refractivity contribution in [3.63, 3.8) is 0 Å². The summed E-state index contributed by atoms with van der Waals surface area (Å²) in [5.74, 6) is -0.286. The van der Waals surface area contributed by atoms with Crippen molar-refractivity contribution in [3.05, 3.63) is 24.3 Å². The average molecular weight is 416 g/mol. The Morgan fingerprint density at radius 2 is 1.70 bits per heavy atom.